The first kappa shape index (κ1) is 12.6. The van der Waals surface area contributed by atoms with Gasteiger partial charge in [-0.1, -0.05) is 22.9 Å². The molecule has 1 saturated heterocycles. The zero-order valence-electron chi connectivity index (χ0n) is 9.90. The van der Waals surface area contributed by atoms with Gasteiger partial charge in [-0.2, -0.15) is 0 Å². The number of nitrogens with zero attached hydrogens (tertiary/aromatic N) is 1. The van der Waals surface area contributed by atoms with Crippen LogP contribution in [0.1, 0.15) is 23.7 Å². The van der Waals surface area contributed by atoms with E-state index in [0.29, 0.717) is 12.5 Å². The van der Waals surface area contributed by atoms with Gasteiger partial charge in [0, 0.05) is 29.2 Å². The molecule has 4 heteroatoms. The molecule has 3 nitrogen and oxygen atoms in total. The minimum Gasteiger partial charge on any atom is -0.337 e. The van der Waals surface area contributed by atoms with Gasteiger partial charge in [0.15, 0.2) is 0 Å². The number of hydrogen-bond donors (Lipinski definition) is 1. The third-order valence-corrected chi connectivity index (χ3v) is 3.60. The van der Waals surface area contributed by atoms with Crippen LogP contribution in [0.4, 0.5) is 0 Å². The van der Waals surface area contributed by atoms with Gasteiger partial charge in [0.2, 0.25) is 0 Å². The maximum Gasteiger partial charge on any atom is 0.253 e. The predicted molar refractivity (Wildman–Crippen MR) is 71.8 cm³/mol. The fourth-order valence-corrected chi connectivity index (χ4v) is 2.60. The normalized spacial score (nSPS) is 24.8. The number of rotatable bonds is 1. The van der Waals surface area contributed by atoms with Gasteiger partial charge in [-0.05, 0) is 36.6 Å². The van der Waals surface area contributed by atoms with Crippen LogP contribution in [-0.2, 0) is 0 Å². The summed E-state index contributed by atoms with van der Waals surface area (Å²) < 4.78 is 0.984. The molecular formula is C13H17BrN2O. The molecule has 0 radical (unpaired) electrons. The molecule has 1 aromatic carbocycles. The molecule has 17 heavy (non-hydrogen) atoms. The topological polar surface area (TPSA) is 46.3 Å². The highest BCUT2D eigenvalue weighted by atomic mass is 79.9. The summed E-state index contributed by atoms with van der Waals surface area (Å²) >= 11 is 3.36. The summed E-state index contributed by atoms with van der Waals surface area (Å²) in [5, 5.41) is 0. The average molecular weight is 297 g/mol. The Balaban J connectivity index is 2.11. The number of benzene rings is 1. The number of nitrogens with two attached hydrogens (primary N) is 1. The zero-order chi connectivity index (χ0) is 12.4. The second-order valence-electron chi connectivity index (χ2n) is 4.82. The van der Waals surface area contributed by atoms with Crippen LogP contribution >= 0.6 is 15.9 Å². The second kappa shape index (κ2) is 5.19. The van der Waals surface area contributed by atoms with Crippen LogP contribution in [0.15, 0.2) is 28.7 Å². The van der Waals surface area contributed by atoms with Crippen LogP contribution in [0.3, 0.4) is 0 Å². The number of halogens is 1. The molecule has 1 aliphatic heterocycles. The van der Waals surface area contributed by atoms with Crippen molar-refractivity contribution in [1.29, 1.82) is 0 Å². The minimum atomic E-state index is 0.0829. The van der Waals surface area contributed by atoms with Crippen molar-refractivity contribution in [2.45, 2.75) is 19.4 Å². The summed E-state index contributed by atoms with van der Waals surface area (Å²) in [6, 6.07) is 7.58. The van der Waals surface area contributed by atoms with E-state index in [1.54, 1.807) is 0 Å². The van der Waals surface area contributed by atoms with Crippen molar-refractivity contribution in [3.8, 4) is 0 Å². The number of carbonyl (C=O) groups is 1. The lowest BCUT2D eigenvalue weighted by Gasteiger charge is -2.34. The summed E-state index contributed by atoms with van der Waals surface area (Å²) in [5.41, 5.74) is 6.69. The van der Waals surface area contributed by atoms with E-state index in [1.165, 1.54) is 0 Å². The summed E-state index contributed by atoms with van der Waals surface area (Å²) in [7, 11) is 0. The molecule has 1 fully saturated rings. The lowest BCUT2D eigenvalue weighted by atomic mass is 9.96. The molecule has 1 aliphatic rings. The Morgan fingerprint density at radius 2 is 2.00 bits per heavy atom. The Labute approximate surface area is 110 Å². The summed E-state index contributed by atoms with van der Waals surface area (Å²) in [4.78, 5) is 14.1. The summed E-state index contributed by atoms with van der Waals surface area (Å²) in [6.45, 7) is 3.61. The van der Waals surface area contributed by atoms with Crippen LogP contribution < -0.4 is 5.73 Å². The smallest absolute Gasteiger partial charge is 0.253 e. The highest BCUT2D eigenvalue weighted by Crippen LogP contribution is 2.18. The van der Waals surface area contributed by atoms with Gasteiger partial charge >= 0.3 is 0 Å². The van der Waals surface area contributed by atoms with Gasteiger partial charge in [0.05, 0.1) is 0 Å². The van der Waals surface area contributed by atoms with Crippen molar-refractivity contribution >= 4 is 21.8 Å². The number of carbonyl (C=O) groups excluding carboxylic acids is 1. The van der Waals surface area contributed by atoms with Crippen LogP contribution in [0.5, 0.6) is 0 Å². The third kappa shape index (κ3) is 3.07. The molecule has 2 atom stereocenters. The second-order valence-corrected chi connectivity index (χ2v) is 5.73. The van der Waals surface area contributed by atoms with Gasteiger partial charge < -0.3 is 10.6 Å². The number of piperidine rings is 1. The van der Waals surface area contributed by atoms with Gasteiger partial charge in [0.25, 0.3) is 5.91 Å². The third-order valence-electron chi connectivity index (χ3n) is 3.07. The molecule has 2 unspecified atom stereocenters. The van der Waals surface area contributed by atoms with Crippen LogP contribution in [0.2, 0.25) is 0 Å². The van der Waals surface area contributed by atoms with Gasteiger partial charge in [-0.15, -0.1) is 0 Å². The van der Waals surface area contributed by atoms with Crippen molar-refractivity contribution in [3.05, 3.63) is 34.3 Å². The van der Waals surface area contributed by atoms with E-state index in [4.69, 9.17) is 5.73 Å². The van der Waals surface area contributed by atoms with Crippen LogP contribution in [0, 0.1) is 5.92 Å². The van der Waals surface area contributed by atoms with E-state index >= 15 is 0 Å². The van der Waals surface area contributed by atoms with E-state index in [0.717, 1.165) is 23.0 Å². The van der Waals surface area contributed by atoms with Crippen molar-refractivity contribution in [1.82, 2.24) is 4.90 Å². The van der Waals surface area contributed by atoms with Crippen molar-refractivity contribution < 1.29 is 4.79 Å². The predicted octanol–water partition coefficient (Wildman–Crippen LogP) is 2.26. The fraction of sp³-hybridized carbons (Fsp3) is 0.462. The fourth-order valence-electron chi connectivity index (χ4n) is 2.34. The molecule has 0 bridgehead atoms. The van der Waals surface area contributed by atoms with Gasteiger partial charge in [-0.3, -0.25) is 4.79 Å². The maximum absolute atomic E-state index is 12.3. The van der Waals surface area contributed by atoms with Crippen molar-refractivity contribution in [2.75, 3.05) is 13.1 Å². The first-order valence-electron chi connectivity index (χ1n) is 5.86. The monoisotopic (exact) mass is 296 g/mol. The average Bonchev–Trinajstić information content (AvgIpc) is 2.28. The lowest BCUT2D eigenvalue weighted by Crippen LogP contribution is -2.48. The molecule has 0 aromatic heterocycles. The molecule has 2 N–H and O–H groups in total. The lowest BCUT2D eigenvalue weighted by molar-refractivity contribution is 0.0661. The summed E-state index contributed by atoms with van der Waals surface area (Å²) in [6.07, 6.45) is 1.00. The van der Waals surface area contributed by atoms with Crippen LogP contribution in [0.25, 0.3) is 0 Å². The first-order chi connectivity index (χ1) is 8.06. The molecule has 0 spiro atoms. The molecule has 1 amide bonds. The Morgan fingerprint density at radius 1 is 1.35 bits per heavy atom. The minimum absolute atomic E-state index is 0.0829. The van der Waals surface area contributed by atoms with E-state index in [9.17, 15) is 4.79 Å². The Bertz CT molecular complexity index is 394. The van der Waals surface area contributed by atoms with E-state index in [2.05, 4.69) is 22.9 Å². The van der Waals surface area contributed by atoms with E-state index < -0.39 is 0 Å². The highest BCUT2D eigenvalue weighted by Gasteiger charge is 2.26. The van der Waals surface area contributed by atoms with Crippen LogP contribution in [-0.4, -0.2) is 29.9 Å². The van der Waals surface area contributed by atoms with Crippen molar-refractivity contribution in [3.63, 3.8) is 0 Å². The highest BCUT2D eigenvalue weighted by molar-refractivity contribution is 9.10. The molecule has 1 heterocycles. The largest absolute Gasteiger partial charge is 0.337 e. The van der Waals surface area contributed by atoms with E-state index in [1.807, 2.05) is 29.2 Å². The molecule has 1 aromatic rings. The Hall–Kier alpha value is -0.870. The Kier molecular flexibility index (Phi) is 3.84. The standard InChI is InChI=1S/C13H17BrN2O/c1-9-6-12(15)8-16(7-9)13(17)10-2-4-11(14)5-3-10/h2-5,9,12H,6-8,15H2,1H3. The number of hydrogen-bond acceptors (Lipinski definition) is 2. The molecule has 0 aliphatic carbocycles. The van der Waals surface area contributed by atoms with Gasteiger partial charge in [0.1, 0.15) is 0 Å². The van der Waals surface area contributed by atoms with Crippen molar-refractivity contribution in [2.24, 2.45) is 11.7 Å². The number of amides is 1. The Morgan fingerprint density at radius 3 is 2.59 bits per heavy atom. The first-order valence-corrected chi connectivity index (χ1v) is 6.66. The molecular weight excluding hydrogens is 280 g/mol. The quantitative estimate of drug-likeness (QED) is 0.864. The van der Waals surface area contributed by atoms with E-state index in [-0.39, 0.29) is 11.9 Å². The SMILES string of the molecule is CC1CC(N)CN(C(=O)c2ccc(Br)cc2)C1. The summed E-state index contributed by atoms with van der Waals surface area (Å²) in [5.74, 6) is 0.567. The number of likely N-dealkylation sites (tertiary alicyclic amines) is 1. The maximum atomic E-state index is 12.3. The molecule has 0 saturated carbocycles. The van der Waals surface area contributed by atoms with Gasteiger partial charge in [-0.25, -0.2) is 0 Å². The zero-order valence-corrected chi connectivity index (χ0v) is 11.5. The molecule has 2 rings (SSSR count). The molecule has 92 valence electrons.